The lowest BCUT2D eigenvalue weighted by Crippen LogP contribution is -2.47. The number of thiophene rings is 1. The van der Waals surface area contributed by atoms with Crippen LogP contribution in [-0.2, 0) is 11.3 Å². The van der Waals surface area contributed by atoms with Gasteiger partial charge in [-0.25, -0.2) is 19.1 Å². The first kappa shape index (κ1) is 27.9. The Morgan fingerprint density at radius 1 is 1.15 bits per heavy atom. The molecule has 5 rings (SSSR count). The molecule has 0 unspecified atom stereocenters. The number of carboxylic acids is 1. The fraction of sp³-hybridized carbons (Fsp3) is 0.333. The van der Waals surface area contributed by atoms with E-state index >= 15 is 0 Å². The zero-order valence-electron chi connectivity index (χ0n) is 20.9. The Kier molecular flexibility index (Phi) is 7.83. The number of carboxylic acid groups (broad SMARTS) is 2. The number of halogens is 3. The standard InChI is InChI=1S/C22H24N6O3S.C2HF3O2/c1-13-7-14-9-17(32-20(14)16(8-13)31-2)18-15(11-28-19(18)21(23)24-12-25-28)10-26-3-5-27(6-4-26)22(29)30;3-2(4,5)1(6)7/h7-9,11-12H,3-6,10H2,1-2H3,(H,29,30)(H2,23,24,25);(H,6,7). The number of aryl methyl sites for hydroxylation is 1. The molecule has 11 nitrogen and oxygen atoms in total. The van der Waals surface area contributed by atoms with E-state index in [0.717, 1.165) is 42.9 Å². The predicted octanol–water partition coefficient (Wildman–Crippen LogP) is 3.94. The minimum atomic E-state index is -5.08. The Hall–Kier alpha value is -4.11. The molecule has 4 aromatic rings. The maximum Gasteiger partial charge on any atom is 0.490 e. The van der Waals surface area contributed by atoms with Gasteiger partial charge >= 0.3 is 18.2 Å². The van der Waals surface area contributed by atoms with Crippen molar-refractivity contribution < 1.29 is 37.7 Å². The average molecular weight is 567 g/mol. The van der Waals surface area contributed by atoms with Crippen LogP contribution in [0.2, 0.25) is 0 Å². The Morgan fingerprint density at radius 3 is 2.41 bits per heavy atom. The van der Waals surface area contributed by atoms with Crippen molar-refractivity contribution in [2.24, 2.45) is 0 Å². The van der Waals surface area contributed by atoms with Gasteiger partial charge in [-0.1, -0.05) is 6.07 Å². The van der Waals surface area contributed by atoms with Crippen LogP contribution in [0.5, 0.6) is 5.75 Å². The van der Waals surface area contributed by atoms with Crippen molar-refractivity contribution in [2.75, 3.05) is 39.0 Å². The van der Waals surface area contributed by atoms with E-state index in [1.807, 2.05) is 12.3 Å². The van der Waals surface area contributed by atoms with Crippen LogP contribution in [0.1, 0.15) is 11.1 Å². The number of anilines is 1. The van der Waals surface area contributed by atoms with Crippen molar-refractivity contribution in [1.82, 2.24) is 24.4 Å². The van der Waals surface area contributed by atoms with Crippen LogP contribution < -0.4 is 10.5 Å². The molecule has 0 radical (unpaired) electrons. The molecule has 0 atom stereocenters. The first-order chi connectivity index (χ1) is 18.4. The lowest BCUT2D eigenvalue weighted by atomic mass is 10.1. The van der Waals surface area contributed by atoms with Gasteiger partial charge in [0.25, 0.3) is 0 Å². The fourth-order valence-electron chi connectivity index (χ4n) is 4.36. The molecule has 1 aromatic carbocycles. The number of nitrogens with two attached hydrogens (primary N) is 1. The third-order valence-electron chi connectivity index (χ3n) is 6.15. The molecule has 39 heavy (non-hydrogen) atoms. The second-order valence-corrected chi connectivity index (χ2v) is 9.86. The number of nitrogens with zero attached hydrogens (tertiary/aromatic N) is 5. The van der Waals surface area contributed by atoms with Gasteiger partial charge in [0, 0.05) is 49.4 Å². The lowest BCUT2D eigenvalue weighted by Gasteiger charge is -2.33. The summed E-state index contributed by atoms with van der Waals surface area (Å²) in [5.41, 5.74) is 10.3. The third kappa shape index (κ3) is 5.98. The molecular formula is C24H25F3N6O5S. The third-order valence-corrected chi connectivity index (χ3v) is 7.34. The molecule has 1 fully saturated rings. The van der Waals surface area contributed by atoms with Gasteiger partial charge < -0.3 is 25.6 Å². The Labute approximate surface area is 223 Å². The van der Waals surface area contributed by atoms with Gasteiger partial charge in [-0.05, 0) is 35.6 Å². The van der Waals surface area contributed by atoms with E-state index in [2.05, 4.69) is 34.0 Å². The van der Waals surface area contributed by atoms with Crippen LogP contribution in [0.3, 0.4) is 0 Å². The lowest BCUT2D eigenvalue weighted by molar-refractivity contribution is -0.192. The van der Waals surface area contributed by atoms with Crippen molar-refractivity contribution in [3.63, 3.8) is 0 Å². The molecule has 4 heterocycles. The number of methoxy groups -OCH3 is 1. The number of aliphatic carboxylic acids is 1. The van der Waals surface area contributed by atoms with Gasteiger partial charge in [0.2, 0.25) is 0 Å². The number of hydrogen-bond acceptors (Lipinski definition) is 8. The number of rotatable bonds is 4. The zero-order chi connectivity index (χ0) is 28.5. The average Bonchev–Trinajstić information content (AvgIpc) is 3.45. The number of alkyl halides is 3. The number of hydrogen-bond donors (Lipinski definition) is 3. The zero-order valence-corrected chi connectivity index (χ0v) is 21.7. The van der Waals surface area contributed by atoms with Crippen LogP contribution in [0.4, 0.5) is 23.8 Å². The SMILES string of the molecule is COc1cc(C)cc2cc(-c3c(CN4CCN(C(=O)O)CC4)cn4ncnc(N)c34)sc12.O=C(O)C(F)(F)F. The number of ether oxygens (including phenoxy) is 1. The minimum absolute atomic E-state index is 0.428. The molecule has 15 heteroatoms. The van der Waals surface area contributed by atoms with Gasteiger partial charge in [0.15, 0.2) is 5.82 Å². The summed E-state index contributed by atoms with van der Waals surface area (Å²) in [6.45, 7) is 5.09. The van der Waals surface area contributed by atoms with Crippen molar-refractivity contribution in [3.05, 3.63) is 41.9 Å². The maximum atomic E-state index is 11.2. The quantitative estimate of drug-likeness (QED) is 0.334. The van der Waals surface area contributed by atoms with Crippen molar-refractivity contribution in [2.45, 2.75) is 19.6 Å². The summed E-state index contributed by atoms with van der Waals surface area (Å²) in [5, 5.41) is 21.9. The molecule has 0 spiro atoms. The van der Waals surface area contributed by atoms with E-state index in [0.29, 0.717) is 38.5 Å². The van der Waals surface area contributed by atoms with Gasteiger partial charge in [-0.2, -0.15) is 18.3 Å². The number of nitrogen functional groups attached to an aromatic ring is 1. The molecule has 0 saturated carbocycles. The summed E-state index contributed by atoms with van der Waals surface area (Å²) in [6.07, 6.45) is -2.49. The van der Waals surface area contributed by atoms with E-state index in [4.69, 9.17) is 20.4 Å². The van der Waals surface area contributed by atoms with Crippen LogP contribution in [0, 0.1) is 6.92 Å². The van der Waals surface area contributed by atoms with Gasteiger partial charge in [0.05, 0.1) is 11.8 Å². The normalized spacial score (nSPS) is 14.3. The smallest absolute Gasteiger partial charge is 0.490 e. The van der Waals surface area contributed by atoms with Gasteiger partial charge in [0.1, 0.15) is 17.6 Å². The number of benzene rings is 1. The molecular weight excluding hydrogens is 541 g/mol. The number of amides is 1. The van der Waals surface area contributed by atoms with E-state index in [1.165, 1.54) is 11.2 Å². The Morgan fingerprint density at radius 2 is 1.82 bits per heavy atom. The maximum absolute atomic E-state index is 11.2. The highest BCUT2D eigenvalue weighted by atomic mass is 32.1. The van der Waals surface area contributed by atoms with Crippen LogP contribution >= 0.6 is 11.3 Å². The molecule has 208 valence electrons. The molecule has 0 bridgehead atoms. The fourth-order valence-corrected chi connectivity index (χ4v) is 5.57. The predicted molar refractivity (Wildman–Crippen MR) is 138 cm³/mol. The second kappa shape index (κ2) is 10.9. The number of carbonyl (C=O) groups is 2. The van der Waals surface area contributed by atoms with Crippen LogP contribution in [0.25, 0.3) is 26.0 Å². The molecule has 3 aromatic heterocycles. The highest BCUT2D eigenvalue weighted by molar-refractivity contribution is 7.22. The topological polar surface area (TPSA) is 147 Å². The molecule has 1 aliphatic rings. The number of aromatic nitrogens is 3. The highest BCUT2D eigenvalue weighted by Gasteiger charge is 2.38. The largest absolute Gasteiger partial charge is 0.495 e. The second-order valence-electron chi connectivity index (χ2n) is 8.81. The number of piperazine rings is 1. The molecule has 0 aliphatic carbocycles. The van der Waals surface area contributed by atoms with E-state index in [1.54, 1.807) is 23.0 Å². The van der Waals surface area contributed by atoms with Crippen molar-refractivity contribution in [3.8, 4) is 16.2 Å². The van der Waals surface area contributed by atoms with E-state index in [-0.39, 0.29) is 0 Å². The van der Waals surface area contributed by atoms with Crippen LogP contribution in [0.15, 0.2) is 30.7 Å². The molecule has 4 N–H and O–H groups in total. The molecule has 1 amide bonds. The summed E-state index contributed by atoms with van der Waals surface area (Å²) in [7, 11) is 1.69. The van der Waals surface area contributed by atoms with Gasteiger partial charge in [-0.3, -0.25) is 4.90 Å². The Balaban J connectivity index is 0.000000448. The summed E-state index contributed by atoms with van der Waals surface area (Å²) < 4.78 is 40.2. The van der Waals surface area contributed by atoms with Crippen molar-refractivity contribution >= 4 is 44.8 Å². The first-order valence-electron chi connectivity index (χ1n) is 11.6. The monoisotopic (exact) mass is 566 g/mol. The molecule has 1 saturated heterocycles. The van der Waals surface area contributed by atoms with E-state index < -0.39 is 18.2 Å². The highest BCUT2D eigenvalue weighted by Crippen LogP contribution is 2.43. The summed E-state index contributed by atoms with van der Waals surface area (Å²) >= 11 is 1.67. The minimum Gasteiger partial charge on any atom is -0.495 e. The summed E-state index contributed by atoms with van der Waals surface area (Å²) in [6, 6.07) is 6.37. The first-order valence-corrected chi connectivity index (χ1v) is 12.4. The summed E-state index contributed by atoms with van der Waals surface area (Å²) in [5.74, 6) is -1.47. The summed E-state index contributed by atoms with van der Waals surface area (Å²) in [4.78, 5) is 29.2. The van der Waals surface area contributed by atoms with Crippen molar-refractivity contribution in [1.29, 1.82) is 0 Å². The Bertz CT molecular complexity index is 1530. The molecule has 1 aliphatic heterocycles. The van der Waals surface area contributed by atoms with Gasteiger partial charge in [-0.15, -0.1) is 11.3 Å². The number of fused-ring (bicyclic) bond motifs is 2. The van der Waals surface area contributed by atoms with Crippen LogP contribution in [-0.4, -0.2) is 86.1 Å². The van der Waals surface area contributed by atoms with E-state index in [9.17, 15) is 23.1 Å².